The third-order valence-electron chi connectivity index (χ3n) is 5.65. The van der Waals surface area contributed by atoms with E-state index in [1.54, 1.807) is 12.1 Å². The normalized spacial score (nSPS) is 14.5. The molecule has 2 nitrogen and oxygen atoms in total. The highest BCUT2D eigenvalue weighted by Crippen LogP contribution is 2.39. The highest BCUT2D eigenvalue weighted by molar-refractivity contribution is 5.53. The molecule has 3 heteroatoms. The van der Waals surface area contributed by atoms with Crippen molar-refractivity contribution >= 4 is 5.69 Å². The lowest BCUT2D eigenvalue weighted by Gasteiger charge is -2.19. The van der Waals surface area contributed by atoms with Crippen LogP contribution in [0, 0.1) is 5.82 Å². The first-order valence-electron chi connectivity index (χ1n) is 9.84. The summed E-state index contributed by atoms with van der Waals surface area (Å²) in [5.74, 6) is 0.541. The number of benzene rings is 3. The molecule has 28 heavy (non-hydrogen) atoms. The summed E-state index contributed by atoms with van der Waals surface area (Å²) in [4.78, 5) is 0. The van der Waals surface area contributed by atoms with Crippen LogP contribution in [-0.2, 0) is 25.0 Å². The maximum Gasteiger partial charge on any atom is 0.129 e. The second-order valence-corrected chi connectivity index (χ2v) is 8.10. The Morgan fingerprint density at radius 1 is 0.964 bits per heavy atom. The van der Waals surface area contributed by atoms with E-state index in [2.05, 4.69) is 37.4 Å². The topological polar surface area (TPSA) is 21.3 Å². The molecule has 0 saturated heterocycles. The molecule has 1 N–H and O–H groups in total. The number of para-hydroxylation sites is 1. The predicted octanol–water partition coefficient (Wildman–Crippen LogP) is 6.24. The van der Waals surface area contributed by atoms with Crippen molar-refractivity contribution in [2.45, 2.75) is 45.3 Å². The Morgan fingerprint density at radius 2 is 1.71 bits per heavy atom. The monoisotopic (exact) mass is 375 g/mol. The maximum atomic E-state index is 13.8. The van der Waals surface area contributed by atoms with Gasteiger partial charge in [0.25, 0.3) is 0 Å². The van der Waals surface area contributed by atoms with Gasteiger partial charge in [-0.1, -0.05) is 56.3 Å². The van der Waals surface area contributed by atoms with Crippen molar-refractivity contribution < 1.29 is 9.13 Å². The van der Waals surface area contributed by atoms with E-state index >= 15 is 0 Å². The third kappa shape index (κ3) is 3.89. The summed E-state index contributed by atoms with van der Waals surface area (Å²) in [6.07, 6.45) is 2.35. The number of hydrogen-bond acceptors (Lipinski definition) is 2. The molecule has 0 aromatic heterocycles. The Kier molecular flexibility index (Phi) is 5.08. The zero-order valence-electron chi connectivity index (χ0n) is 16.5. The maximum absolute atomic E-state index is 13.8. The predicted molar refractivity (Wildman–Crippen MR) is 112 cm³/mol. The van der Waals surface area contributed by atoms with E-state index in [-0.39, 0.29) is 17.8 Å². The Labute approximate surface area is 166 Å². The van der Waals surface area contributed by atoms with Crippen LogP contribution >= 0.6 is 0 Å². The molecule has 0 heterocycles. The van der Waals surface area contributed by atoms with Gasteiger partial charge in [-0.25, -0.2) is 4.39 Å². The minimum atomic E-state index is -0.237. The van der Waals surface area contributed by atoms with Crippen molar-refractivity contribution in [2.75, 3.05) is 5.32 Å². The van der Waals surface area contributed by atoms with Crippen LogP contribution in [-0.4, -0.2) is 0 Å². The van der Waals surface area contributed by atoms with Crippen LogP contribution in [0.25, 0.3) is 0 Å². The number of aryl methyl sites for hydroxylation is 1. The van der Waals surface area contributed by atoms with Crippen LogP contribution in [0.2, 0.25) is 0 Å². The van der Waals surface area contributed by atoms with Crippen molar-refractivity contribution in [1.82, 2.24) is 0 Å². The lowest BCUT2D eigenvalue weighted by Crippen LogP contribution is -2.11. The van der Waals surface area contributed by atoms with Crippen molar-refractivity contribution in [3.63, 3.8) is 0 Å². The molecule has 1 aliphatic rings. The van der Waals surface area contributed by atoms with E-state index in [1.165, 1.54) is 23.6 Å². The fourth-order valence-electron chi connectivity index (χ4n) is 3.91. The van der Waals surface area contributed by atoms with Gasteiger partial charge in [0.2, 0.25) is 0 Å². The first-order chi connectivity index (χ1) is 13.5. The molecule has 0 fully saturated rings. The number of ether oxygens (including phenoxy) is 1. The van der Waals surface area contributed by atoms with Crippen molar-refractivity contribution in [3.8, 4) is 5.75 Å². The van der Waals surface area contributed by atoms with E-state index in [9.17, 15) is 4.39 Å². The Bertz CT molecular complexity index is 980. The fraction of sp³-hybridized carbons (Fsp3) is 0.280. The summed E-state index contributed by atoms with van der Waals surface area (Å²) in [7, 11) is 0. The number of rotatable bonds is 6. The minimum absolute atomic E-state index is 0.220. The Balaban J connectivity index is 1.44. The van der Waals surface area contributed by atoms with Gasteiger partial charge in [0.05, 0.1) is 0 Å². The summed E-state index contributed by atoms with van der Waals surface area (Å²) in [6, 6.07) is 21.3. The smallest absolute Gasteiger partial charge is 0.129 e. The molecule has 0 bridgehead atoms. The van der Waals surface area contributed by atoms with Crippen LogP contribution in [0.5, 0.6) is 5.75 Å². The molecule has 0 spiro atoms. The molecule has 1 aliphatic carbocycles. The molecule has 3 aromatic carbocycles. The molecular formula is C25H26FNO. The Hall–Kier alpha value is -2.81. The first-order valence-corrected chi connectivity index (χ1v) is 9.84. The van der Waals surface area contributed by atoms with E-state index in [0.29, 0.717) is 12.1 Å². The largest absolute Gasteiger partial charge is 0.488 e. The van der Waals surface area contributed by atoms with Crippen LogP contribution < -0.4 is 10.1 Å². The number of nitrogens with one attached hydrogen (secondary N) is 1. The fourth-order valence-corrected chi connectivity index (χ4v) is 3.91. The average molecular weight is 375 g/mol. The summed E-state index contributed by atoms with van der Waals surface area (Å²) in [5, 5.41) is 3.51. The molecule has 0 atom stereocenters. The third-order valence-corrected chi connectivity index (χ3v) is 5.65. The number of hydrogen-bond donors (Lipinski definition) is 1. The van der Waals surface area contributed by atoms with Crippen molar-refractivity contribution in [3.05, 3.63) is 94.8 Å². The highest BCUT2D eigenvalue weighted by atomic mass is 19.1. The molecule has 0 radical (unpaired) electrons. The van der Waals surface area contributed by atoms with E-state index in [1.807, 2.05) is 30.3 Å². The van der Waals surface area contributed by atoms with Gasteiger partial charge in [-0.2, -0.15) is 0 Å². The summed E-state index contributed by atoms with van der Waals surface area (Å²) in [5.41, 5.74) is 5.93. The lowest BCUT2D eigenvalue weighted by molar-refractivity contribution is 0.297. The quantitative estimate of drug-likeness (QED) is 0.550. The van der Waals surface area contributed by atoms with Gasteiger partial charge in [0, 0.05) is 23.4 Å². The molecule has 0 unspecified atom stereocenters. The van der Waals surface area contributed by atoms with Gasteiger partial charge in [0.1, 0.15) is 18.2 Å². The average Bonchev–Trinajstić information content (AvgIpc) is 3.01. The van der Waals surface area contributed by atoms with Gasteiger partial charge >= 0.3 is 0 Å². The zero-order valence-corrected chi connectivity index (χ0v) is 16.5. The summed E-state index contributed by atoms with van der Waals surface area (Å²) in [6.45, 7) is 5.51. The second kappa shape index (κ2) is 7.67. The molecule has 0 aliphatic heterocycles. The number of halogens is 1. The van der Waals surface area contributed by atoms with Gasteiger partial charge in [-0.15, -0.1) is 0 Å². The van der Waals surface area contributed by atoms with Crippen LogP contribution in [0.1, 0.15) is 42.5 Å². The standard InChI is InChI=1S/C25H26FNO/c1-25(2)14-13-18-15-21(11-12-22(18)25)27-16-19-7-4-6-10-24(19)28-17-20-8-3-5-9-23(20)26/h3-12,15,27H,13-14,16-17H2,1-2H3. The minimum Gasteiger partial charge on any atom is -0.488 e. The van der Waals surface area contributed by atoms with Gasteiger partial charge in [-0.3, -0.25) is 0 Å². The lowest BCUT2D eigenvalue weighted by atomic mass is 9.86. The molecule has 4 rings (SSSR count). The summed E-state index contributed by atoms with van der Waals surface area (Å²) >= 11 is 0. The Morgan fingerprint density at radius 3 is 2.54 bits per heavy atom. The SMILES string of the molecule is CC1(C)CCc2cc(NCc3ccccc3OCc3ccccc3F)ccc21. The van der Waals surface area contributed by atoms with Gasteiger partial charge in [0.15, 0.2) is 0 Å². The highest BCUT2D eigenvalue weighted by Gasteiger charge is 2.29. The van der Waals surface area contributed by atoms with Gasteiger partial charge in [-0.05, 0) is 53.6 Å². The second-order valence-electron chi connectivity index (χ2n) is 8.10. The van der Waals surface area contributed by atoms with E-state index in [4.69, 9.17) is 4.74 Å². The van der Waals surface area contributed by atoms with Crippen LogP contribution in [0.3, 0.4) is 0 Å². The molecule has 144 valence electrons. The molecule has 0 saturated carbocycles. The number of anilines is 1. The van der Waals surface area contributed by atoms with Gasteiger partial charge < -0.3 is 10.1 Å². The van der Waals surface area contributed by atoms with E-state index in [0.717, 1.165) is 23.4 Å². The van der Waals surface area contributed by atoms with Crippen molar-refractivity contribution in [1.29, 1.82) is 0 Å². The molecular weight excluding hydrogens is 349 g/mol. The molecule has 3 aromatic rings. The number of fused-ring (bicyclic) bond motifs is 1. The van der Waals surface area contributed by atoms with E-state index < -0.39 is 0 Å². The van der Waals surface area contributed by atoms with Crippen molar-refractivity contribution in [2.24, 2.45) is 0 Å². The first kappa shape index (κ1) is 18.5. The summed E-state index contributed by atoms with van der Waals surface area (Å²) < 4.78 is 19.7. The molecule has 0 amide bonds. The zero-order chi connectivity index (χ0) is 19.6. The van der Waals surface area contributed by atoms with Crippen LogP contribution in [0.15, 0.2) is 66.7 Å². The van der Waals surface area contributed by atoms with Crippen LogP contribution in [0.4, 0.5) is 10.1 Å².